The van der Waals surface area contributed by atoms with Crippen LogP contribution in [-0.4, -0.2) is 130 Å². The van der Waals surface area contributed by atoms with Crippen LogP contribution in [0.4, 0.5) is 0 Å². The number of ether oxygens (including phenoxy) is 2. The third-order valence-electron chi connectivity index (χ3n) is 12.4. The summed E-state index contributed by atoms with van der Waals surface area (Å²) >= 11 is 3.31. The van der Waals surface area contributed by atoms with Crippen molar-refractivity contribution >= 4 is 59.1 Å². The van der Waals surface area contributed by atoms with Crippen LogP contribution in [0.25, 0.3) is 0 Å². The van der Waals surface area contributed by atoms with Crippen molar-refractivity contribution in [1.29, 1.82) is 0 Å². The molecule has 4 amide bonds. The number of hydrogen-bond donors (Lipinski definition) is 0. The highest BCUT2D eigenvalue weighted by molar-refractivity contribution is 8.00. The number of rotatable bonds is 13. The Bertz CT molecular complexity index is 1640. The average molecular weight is 835 g/mol. The second kappa shape index (κ2) is 20.3. The number of thioether (sulfide) groups is 2. The van der Waals surface area contributed by atoms with Crippen molar-refractivity contribution in [2.75, 3.05) is 39.8 Å². The Kier molecular flexibility index (Phi) is 15.2. The molecule has 58 heavy (non-hydrogen) atoms. The van der Waals surface area contributed by atoms with Crippen LogP contribution in [0.15, 0.2) is 60.7 Å². The van der Waals surface area contributed by atoms with Crippen LogP contribution in [0, 0.1) is 11.8 Å². The van der Waals surface area contributed by atoms with Crippen LogP contribution in [-0.2, 0) is 51.1 Å². The molecule has 4 aliphatic rings. The van der Waals surface area contributed by atoms with Crippen LogP contribution in [0.3, 0.4) is 0 Å². The molecule has 0 radical (unpaired) electrons. The maximum Gasteiger partial charge on any atom is 0.328 e. The van der Waals surface area contributed by atoms with E-state index in [1.807, 2.05) is 60.7 Å². The van der Waals surface area contributed by atoms with Crippen LogP contribution in [0.2, 0.25) is 0 Å². The number of carbonyl (C=O) groups excluding carboxylic acids is 6. The van der Waals surface area contributed by atoms with Crippen molar-refractivity contribution in [3.8, 4) is 0 Å². The van der Waals surface area contributed by atoms with E-state index in [4.69, 9.17) is 9.47 Å². The van der Waals surface area contributed by atoms with Crippen LogP contribution >= 0.6 is 23.5 Å². The van der Waals surface area contributed by atoms with Gasteiger partial charge in [0.05, 0.1) is 25.0 Å². The van der Waals surface area contributed by atoms with E-state index in [2.05, 4.69) is 0 Å². The van der Waals surface area contributed by atoms with Crippen molar-refractivity contribution in [2.45, 2.75) is 112 Å². The standard InChI is InChI=1S/C44H58N4O8S2/c1-45(33-23-25-57-37-19-11-17-35(43(53)55-3)47(37)41(33)51)39(49)31(27-29-13-7-5-8-14-29)21-22-32(28-30-15-9-6-10-16-30)40(50)46(2)34-24-26-58-38-20-12-18-36(44(54)56-4)48(38)42(34)52/h5-10,13-16,31-38H,11-12,17-28H2,1-4H3/t31-,32-,33+,34+,35+,36+,37+,38+/m1/s1. The lowest BCUT2D eigenvalue weighted by molar-refractivity contribution is -0.159. The Labute approximate surface area is 351 Å². The minimum absolute atomic E-state index is 0.146. The summed E-state index contributed by atoms with van der Waals surface area (Å²) in [7, 11) is 6.06. The Morgan fingerprint density at radius 1 is 0.621 bits per heavy atom. The van der Waals surface area contributed by atoms with Gasteiger partial charge in [0.25, 0.3) is 0 Å². The predicted octanol–water partition coefficient (Wildman–Crippen LogP) is 5.17. The van der Waals surface area contributed by atoms with E-state index in [0.717, 1.165) is 36.8 Å². The topological polar surface area (TPSA) is 134 Å². The normalized spacial score (nSPS) is 25.9. The number of esters is 2. The van der Waals surface area contributed by atoms with Crippen molar-refractivity contribution in [1.82, 2.24) is 19.6 Å². The first-order valence-corrected chi connectivity index (χ1v) is 22.8. The Balaban J connectivity index is 1.25. The number of carbonyl (C=O) groups is 6. The summed E-state index contributed by atoms with van der Waals surface area (Å²) in [5, 5.41) is -0.293. The van der Waals surface area contributed by atoms with Gasteiger partial charge in [-0.15, -0.1) is 23.5 Å². The number of likely N-dealkylation sites (N-methyl/N-ethyl adjacent to an activating group) is 2. The summed E-state index contributed by atoms with van der Waals surface area (Å²) in [5.74, 6) is -1.44. The van der Waals surface area contributed by atoms with Crippen LogP contribution in [0.1, 0.15) is 75.3 Å². The minimum atomic E-state index is -0.743. The summed E-state index contributed by atoms with van der Waals surface area (Å²) in [6.45, 7) is 0. The lowest BCUT2D eigenvalue weighted by Gasteiger charge is -2.41. The first-order valence-electron chi connectivity index (χ1n) is 20.7. The lowest BCUT2D eigenvalue weighted by Crippen LogP contribution is -2.58. The van der Waals surface area contributed by atoms with Crippen molar-refractivity contribution in [2.24, 2.45) is 11.8 Å². The molecule has 4 fully saturated rings. The number of hydrogen-bond acceptors (Lipinski definition) is 10. The molecule has 0 spiro atoms. The van der Waals surface area contributed by atoms with Crippen molar-refractivity contribution < 1.29 is 38.2 Å². The number of fused-ring (bicyclic) bond motifs is 2. The maximum atomic E-state index is 14.8. The highest BCUT2D eigenvalue weighted by Crippen LogP contribution is 2.38. The molecule has 8 atom stereocenters. The summed E-state index contributed by atoms with van der Waals surface area (Å²) in [4.78, 5) is 90.4. The molecule has 4 heterocycles. The molecule has 4 aliphatic heterocycles. The second-order valence-electron chi connectivity index (χ2n) is 15.9. The van der Waals surface area contributed by atoms with Gasteiger partial charge in [0.1, 0.15) is 24.2 Å². The molecule has 14 heteroatoms. The molecule has 0 aromatic heterocycles. The molecular formula is C44H58N4O8S2. The van der Waals surface area contributed by atoms with E-state index in [9.17, 15) is 28.8 Å². The second-order valence-corrected chi connectivity index (χ2v) is 18.5. The minimum Gasteiger partial charge on any atom is -0.467 e. The Hall–Kier alpha value is -4.04. The van der Waals surface area contributed by atoms with Crippen LogP contribution in [0.5, 0.6) is 0 Å². The molecule has 0 saturated carbocycles. The zero-order valence-electron chi connectivity index (χ0n) is 34.2. The largest absolute Gasteiger partial charge is 0.467 e. The maximum absolute atomic E-state index is 14.8. The van der Waals surface area contributed by atoms with Crippen molar-refractivity contribution in [3.05, 3.63) is 71.8 Å². The predicted molar refractivity (Wildman–Crippen MR) is 224 cm³/mol. The third-order valence-corrected chi connectivity index (χ3v) is 15.1. The van der Waals surface area contributed by atoms with Gasteiger partial charge in [-0.2, -0.15) is 0 Å². The molecule has 0 aliphatic carbocycles. The smallest absolute Gasteiger partial charge is 0.328 e. The summed E-state index contributed by atoms with van der Waals surface area (Å²) in [5.41, 5.74) is 1.94. The Morgan fingerprint density at radius 2 is 1.00 bits per heavy atom. The highest BCUT2D eigenvalue weighted by atomic mass is 32.2. The lowest BCUT2D eigenvalue weighted by atomic mass is 9.86. The quantitative estimate of drug-likeness (QED) is 0.249. The van der Waals surface area contributed by atoms with E-state index >= 15 is 0 Å². The number of amides is 4. The fraction of sp³-hybridized carbons (Fsp3) is 0.591. The number of benzene rings is 2. The van der Waals surface area contributed by atoms with Gasteiger partial charge in [0.2, 0.25) is 23.6 Å². The van der Waals surface area contributed by atoms with E-state index in [1.165, 1.54) is 14.2 Å². The van der Waals surface area contributed by atoms with Crippen molar-refractivity contribution in [3.63, 3.8) is 0 Å². The van der Waals surface area contributed by atoms with Gasteiger partial charge in [0, 0.05) is 25.9 Å². The van der Waals surface area contributed by atoms with Gasteiger partial charge in [-0.25, -0.2) is 9.59 Å². The summed E-state index contributed by atoms with van der Waals surface area (Å²) in [6.07, 6.45) is 6.76. The first-order chi connectivity index (χ1) is 28.0. The van der Waals surface area contributed by atoms with Gasteiger partial charge in [0.15, 0.2) is 0 Å². The van der Waals surface area contributed by atoms with Gasteiger partial charge >= 0.3 is 11.9 Å². The molecule has 0 unspecified atom stereocenters. The van der Waals surface area contributed by atoms with Gasteiger partial charge < -0.3 is 29.1 Å². The van der Waals surface area contributed by atoms with E-state index in [1.54, 1.807) is 57.2 Å². The van der Waals surface area contributed by atoms with E-state index in [-0.39, 0.29) is 34.4 Å². The summed E-state index contributed by atoms with van der Waals surface area (Å²) in [6, 6.07) is 16.7. The monoisotopic (exact) mass is 834 g/mol. The highest BCUT2D eigenvalue weighted by Gasteiger charge is 2.47. The van der Waals surface area contributed by atoms with Gasteiger partial charge in [-0.1, -0.05) is 60.7 Å². The molecule has 0 N–H and O–H groups in total. The fourth-order valence-corrected chi connectivity index (χ4v) is 12.0. The molecule has 6 rings (SSSR count). The van der Waals surface area contributed by atoms with E-state index in [0.29, 0.717) is 62.9 Å². The van der Waals surface area contributed by atoms with Gasteiger partial charge in [-0.3, -0.25) is 19.2 Å². The molecule has 2 aromatic rings. The summed E-state index contributed by atoms with van der Waals surface area (Å²) < 4.78 is 10.2. The number of nitrogens with zero attached hydrogens (tertiary/aromatic N) is 4. The zero-order valence-corrected chi connectivity index (χ0v) is 35.8. The fourth-order valence-electron chi connectivity index (χ4n) is 9.23. The number of piperidine rings is 2. The zero-order chi connectivity index (χ0) is 41.3. The van der Waals surface area contributed by atoms with E-state index < -0.39 is 47.9 Å². The molecular weight excluding hydrogens is 777 g/mol. The Morgan fingerprint density at radius 3 is 1.36 bits per heavy atom. The molecule has 12 nitrogen and oxygen atoms in total. The van der Waals surface area contributed by atoms with Gasteiger partial charge in [-0.05, 0) is 99.7 Å². The molecule has 2 aromatic carbocycles. The molecule has 4 saturated heterocycles. The molecule has 0 bridgehead atoms. The average Bonchev–Trinajstić information content (AvgIpc) is 3.54. The first kappa shape index (κ1) is 43.5. The van der Waals surface area contributed by atoms with Crippen LogP contribution < -0.4 is 0 Å². The molecule has 314 valence electrons. The number of methoxy groups -OCH3 is 2. The third kappa shape index (κ3) is 9.86. The SMILES string of the molecule is COC(=O)[C@@H]1CCC[C@@H]2SCC[C@H](N(C)C(=O)[C@H](CC[C@H](Cc3ccccc3)C(=O)N(C)[C@H]3CCS[C@H]4CCC[C@@H](C(=O)OC)N4C3=O)Cc3ccccc3)C(=O)N21.